The van der Waals surface area contributed by atoms with Crippen LogP contribution in [0.1, 0.15) is 37.7 Å². The van der Waals surface area contributed by atoms with Crippen LogP contribution in [0, 0.1) is 6.92 Å². The van der Waals surface area contributed by atoms with Crippen molar-refractivity contribution in [2.45, 2.75) is 44.6 Å². The lowest BCUT2D eigenvalue weighted by atomic mass is 9.85. The van der Waals surface area contributed by atoms with Crippen LogP contribution < -0.4 is 11.1 Å². The second kappa shape index (κ2) is 4.92. The lowest BCUT2D eigenvalue weighted by Gasteiger charge is -2.32. The summed E-state index contributed by atoms with van der Waals surface area (Å²) in [4.78, 5) is 4.25. The van der Waals surface area contributed by atoms with Crippen molar-refractivity contribution in [2.24, 2.45) is 0 Å². The van der Waals surface area contributed by atoms with Crippen LogP contribution in [0.5, 0.6) is 0 Å². The van der Waals surface area contributed by atoms with Crippen LogP contribution >= 0.6 is 0 Å². The van der Waals surface area contributed by atoms with E-state index >= 15 is 0 Å². The number of pyridine rings is 1. The van der Waals surface area contributed by atoms with Gasteiger partial charge in [0.1, 0.15) is 5.82 Å². The topological polar surface area (TPSA) is 71.2 Å². The molecule has 1 aromatic rings. The molecule has 0 radical (unpaired) electrons. The maximum Gasteiger partial charge on any atom is 0.128 e. The molecule has 0 bridgehead atoms. The van der Waals surface area contributed by atoms with Crippen molar-refractivity contribution >= 4 is 11.5 Å². The van der Waals surface area contributed by atoms with Crippen molar-refractivity contribution in [1.29, 1.82) is 0 Å². The number of nitrogens with zero attached hydrogens (tertiary/aromatic N) is 1. The van der Waals surface area contributed by atoms with Crippen LogP contribution in [0.25, 0.3) is 0 Å². The molecule has 0 aliphatic heterocycles. The number of aromatic nitrogens is 1. The first-order valence-corrected chi connectivity index (χ1v) is 6.27. The monoisotopic (exact) mass is 235 g/mol. The largest absolute Gasteiger partial charge is 0.398 e. The first kappa shape index (κ1) is 12.2. The van der Waals surface area contributed by atoms with E-state index in [1.54, 1.807) is 6.20 Å². The Hall–Kier alpha value is -1.29. The summed E-state index contributed by atoms with van der Waals surface area (Å²) in [6.45, 7) is 2.49. The molecule has 1 aliphatic rings. The van der Waals surface area contributed by atoms with Gasteiger partial charge in [0.2, 0.25) is 0 Å². The molecule has 1 heterocycles. The Morgan fingerprint density at radius 1 is 1.41 bits per heavy atom. The van der Waals surface area contributed by atoms with Gasteiger partial charge in [-0.05, 0) is 25.3 Å². The highest BCUT2D eigenvalue weighted by atomic mass is 16.3. The minimum atomic E-state index is -0.570. The average Bonchev–Trinajstić information content (AvgIpc) is 2.32. The highest BCUT2D eigenvalue weighted by molar-refractivity contribution is 5.53. The van der Waals surface area contributed by atoms with E-state index in [0.717, 1.165) is 42.8 Å². The van der Waals surface area contributed by atoms with E-state index in [1.165, 1.54) is 6.42 Å². The molecule has 94 valence electrons. The SMILES string of the molecule is Cc1cnc(NCC2(O)CCCCC2)cc1N. The number of anilines is 2. The van der Waals surface area contributed by atoms with Gasteiger partial charge in [0.25, 0.3) is 0 Å². The van der Waals surface area contributed by atoms with Gasteiger partial charge in [0.15, 0.2) is 0 Å². The van der Waals surface area contributed by atoms with E-state index in [4.69, 9.17) is 5.73 Å². The van der Waals surface area contributed by atoms with Gasteiger partial charge in [-0.15, -0.1) is 0 Å². The highest BCUT2D eigenvalue weighted by Crippen LogP contribution is 2.28. The average molecular weight is 235 g/mol. The molecule has 4 N–H and O–H groups in total. The maximum atomic E-state index is 10.3. The maximum absolute atomic E-state index is 10.3. The number of aryl methyl sites for hydroxylation is 1. The minimum absolute atomic E-state index is 0.558. The van der Waals surface area contributed by atoms with Crippen LogP contribution in [-0.4, -0.2) is 22.2 Å². The molecule has 0 unspecified atom stereocenters. The van der Waals surface area contributed by atoms with Crippen molar-refractivity contribution in [3.63, 3.8) is 0 Å². The van der Waals surface area contributed by atoms with Crippen molar-refractivity contribution in [3.05, 3.63) is 17.8 Å². The number of nitrogens with two attached hydrogens (primary N) is 1. The molecule has 17 heavy (non-hydrogen) atoms. The highest BCUT2D eigenvalue weighted by Gasteiger charge is 2.28. The standard InChI is InChI=1S/C13H21N3O/c1-10-8-15-12(7-11(10)14)16-9-13(17)5-3-2-4-6-13/h7-8,17H,2-6,9H2,1H3,(H3,14,15,16). The predicted octanol–water partition coefficient (Wildman–Crippen LogP) is 2.08. The summed E-state index contributed by atoms with van der Waals surface area (Å²) in [6, 6.07) is 1.82. The number of nitrogen functional groups attached to an aromatic ring is 1. The molecule has 2 rings (SSSR count). The van der Waals surface area contributed by atoms with E-state index in [1.807, 2.05) is 13.0 Å². The fourth-order valence-electron chi connectivity index (χ4n) is 2.28. The third kappa shape index (κ3) is 3.09. The van der Waals surface area contributed by atoms with Gasteiger partial charge in [-0.2, -0.15) is 0 Å². The molecule has 0 saturated heterocycles. The molecule has 0 amide bonds. The lowest BCUT2D eigenvalue weighted by Crippen LogP contribution is -2.38. The quantitative estimate of drug-likeness (QED) is 0.750. The van der Waals surface area contributed by atoms with E-state index < -0.39 is 5.60 Å². The minimum Gasteiger partial charge on any atom is -0.398 e. The third-order valence-corrected chi connectivity index (χ3v) is 3.53. The second-order valence-electron chi connectivity index (χ2n) is 5.06. The van der Waals surface area contributed by atoms with Gasteiger partial charge in [0, 0.05) is 24.5 Å². The summed E-state index contributed by atoms with van der Waals surface area (Å²) in [5.41, 5.74) is 6.96. The van der Waals surface area contributed by atoms with Crippen molar-refractivity contribution in [1.82, 2.24) is 4.98 Å². The van der Waals surface area contributed by atoms with Crippen LogP contribution in [0.15, 0.2) is 12.3 Å². The first-order chi connectivity index (χ1) is 8.09. The van der Waals surface area contributed by atoms with Gasteiger partial charge in [-0.3, -0.25) is 0 Å². The van der Waals surface area contributed by atoms with Crippen molar-refractivity contribution < 1.29 is 5.11 Å². The first-order valence-electron chi connectivity index (χ1n) is 6.27. The molecule has 4 heteroatoms. The summed E-state index contributed by atoms with van der Waals surface area (Å²) < 4.78 is 0. The van der Waals surface area contributed by atoms with Crippen molar-refractivity contribution in [2.75, 3.05) is 17.6 Å². The lowest BCUT2D eigenvalue weighted by molar-refractivity contribution is 0.0166. The molecule has 1 fully saturated rings. The second-order valence-corrected chi connectivity index (χ2v) is 5.06. The summed E-state index contributed by atoms with van der Waals surface area (Å²) in [6.07, 6.45) is 6.96. The number of hydrogen-bond acceptors (Lipinski definition) is 4. The molecular weight excluding hydrogens is 214 g/mol. The predicted molar refractivity (Wildman–Crippen MR) is 69.9 cm³/mol. The fourth-order valence-corrected chi connectivity index (χ4v) is 2.28. The van der Waals surface area contributed by atoms with E-state index in [9.17, 15) is 5.11 Å². The normalized spacial score (nSPS) is 18.9. The van der Waals surface area contributed by atoms with Gasteiger partial charge in [-0.25, -0.2) is 4.98 Å². The smallest absolute Gasteiger partial charge is 0.128 e. The molecule has 1 aliphatic carbocycles. The Bertz CT molecular complexity index is 386. The Balaban J connectivity index is 1.94. The molecule has 0 aromatic carbocycles. The zero-order valence-electron chi connectivity index (χ0n) is 10.4. The Kier molecular flexibility index (Phi) is 3.52. The molecule has 1 aromatic heterocycles. The molecule has 0 spiro atoms. The number of nitrogens with one attached hydrogen (secondary N) is 1. The Morgan fingerprint density at radius 3 is 2.76 bits per heavy atom. The summed E-state index contributed by atoms with van der Waals surface area (Å²) in [7, 11) is 0. The summed E-state index contributed by atoms with van der Waals surface area (Å²) in [5, 5.41) is 13.5. The van der Waals surface area contributed by atoms with Gasteiger partial charge < -0.3 is 16.2 Å². The molecule has 1 saturated carbocycles. The zero-order valence-corrected chi connectivity index (χ0v) is 10.4. The van der Waals surface area contributed by atoms with Gasteiger partial charge in [-0.1, -0.05) is 19.3 Å². The fraction of sp³-hybridized carbons (Fsp3) is 0.615. The van der Waals surface area contributed by atoms with Crippen LogP contribution in [0.4, 0.5) is 11.5 Å². The van der Waals surface area contributed by atoms with Crippen LogP contribution in [-0.2, 0) is 0 Å². The third-order valence-electron chi connectivity index (χ3n) is 3.53. The van der Waals surface area contributed by atoms with E-state index in [0.29, 0.717) is 6.54 Å². The number of rotatable bonds is 3. The Labute approximate surface area is 102 Å². The molecular formula is C13H21N3O. The van der Waals surface area contributed by atoms with Crippen molar-refractivity contribution in [3.8, 4) is 0 Å². The van der Waals surface area contributed by atoms with Crippen LogP contribution in [0.3, 0.4) is 0 Å². The number of hydrogen-bond donors (Lipinski definition) is 3. The molecule has 4 nitrogen and oxygen atoms in total. The summed E-state index contributed by atoms with van der Waals surface area (Å²) in [5.74, 6) is 0.743. The summed E-state index contributed by atoms with van der Waals surface area (Å²) >= 11 is 0. The molecule has 0 atom stereocenters. The van der Waals surface area contributed by atoms with Gasteiger partial charge >= 0.3 is 0 Å². The van der Waals surface area contributed by atoms with E-state index in [-0.39, 0.29) is 0 Å². The van der Waals surface area contributed by atoms with Crippen LogP contribution in [0.2, 0.25) is 0 Å². The van der Waals surface area contributed by atoms with Gasteiger partial charge in [0.05, 0.1) is 5.60 Å². The van der Waals surface area contributed by atoms with E-state index in [2.05, 4.69) is 10.3 Å². The number of aliphatic hydroxyl groups is 1. The zero-order chi connectivity index (χ0) is 12.3. The Morgan fingerprint density at radius 2 is 2.12 bits per heavy atom.